The van der Waals surface area contributed by atoms with Gasteiger partial charge in [-0.3, -0.25) is 14.7 Å². The van der Waals surface area contributed by atoms with Gasteiger partial charge in [-0.25, -0.2) is 0 Å². The molecule has 1 amide bonds. The third-order valence-corrected chi connectivity index (χ3v) is 5.10. The van der Waals surface area contributed by atoms with Crippen molar-refractivity contribution >= 4 is 5.91 Å². The van der Waals surface area contributed by atoms with Crippen LogP contribution in [0.1, 0.15) is 37.7 Å². The van der Waals surface area contributed by atoms with Crippen molar-refractivity contribution in [2.24, 2.45) is 5.92 Å². The summed E-state index contributed by atoms with van der Waals surface area (Å²) in [5.74, 6) is 0.741. The lowest BCUT2D eigenvalue weighted by Crippen LogP contribution is -2.50. The van der Waals surface area contributed by atoms with E-state index in [1.165, 1.54) is 24.8 Å². The molecule has 0 bridgehead atoms. The SMILES string of the molecule is O=C(C1CCCCC1)N1CCN(CCc2ccncc2)CC1. The summed E-state index contributed by atoms with van der Waals surface area (Å²) in [6.45, 7) is 4.93. The molecule has 3 rings (SSSR count). The maximum atomic E-state index is 12.5. The van der Waals surface area contributed by atoms with Gasteiger partial charge in [0.25, 0.3) is 0 Å². The first kappa shape index (κ1) is 15.5. The van der Waals surface area contributed by atoms with Crippen molar-refractivity contribution in [3.8, 4) is 0 Å². The van der Waals surface area contributed by atoms with Gasteiger partial charge in [0.2, 0.25) is 5.91 Å². The number of hydrogen-bond donors (Lipinski definition) is 0. The Morgan fingerprint density at radius 2 is 1.73 bits per heavy atom. The van der Waals surface area contributed by atoms with E-state index < -0.39 is 0 Å². The van der Waals surface area contributed by atoms with Crippen LogP contribution < -0.4 is 0 Å². The molecule has 22 heavy (non-hydrogen) atoms. The minimum absolute atomic E-state index is 0.317. The Labute approximate surface area is 133 Å². The van der Waals surface area contributed by atoms with E-state index in [-0.39, 0.29) is 0 Å². The van der Waals surface area contributed by atoms with Crippen LogP contribution in [0.25, 0.3) is 0 Å². The van der Waals surface area contributed by atoms with E-state index in [2.05, 4.69) is 26.9 Å². The lowest BCUT2D eigenvalue weighted by Gasteiger charge is -2.37. The molecule has 4 heteroatoms. The molecule has 0 atom stereocenters. The van der Waals surface area contributed by atoms with E-state index in [0.29, 0.717) is 11.8 Å². The monoisotopic (exact) mass is 301 g/mol. The highest BCUT2D eigenvalue weighted by Gasteiger charge is 2.28. The quantitative estimate of drug-likeness (QED) is 0.856. The van der Waals surface area contributed by atoms with Gasteiger partial charge in [-0.05, 0) is 37.0 Å². The highest BCUT2D eigenvalue weighted by atomic mass is 16.2. The first-order valence-corrected chi connectivity index (χ1v) is 8.73. The summed E-state index contributed by atoms with van der Waals surface area (Å²) in [5.41, 5.74) is 1.34. The van der Waals surface area contributed by atoms with Crippen LogP contribution >= 0.6 is 0 Å². The number of amides is 1. The van der Waals surface area contributed by atoms with E-state index in [1.807, 2.05) is 12.4 Å². The molecule has 1 saturated carbocycles. The van der Waals surface area contributed by atoms with Crippen molar-refractivity contribution in [1.29, 1.82) is 0 Å². The smallest absolute Gasteiger partial charge is 0.225 e. The van der Waals surface area contributed by atoms with Crippen LogP contribution in [0.4, 0.5) is 0 Å². The summed E-state index contributed by atoms with van der Waals surface area (Å²) in [5, 5.41) is 0. The van der Waals surface area contributed by atoms with Crippen molar-refractivity contribution in [2.75, 3.05) is 32.7 Å². The summed E-state index contributed by atoms with van der Waals surface area (Å²) in [6, 6.07) is 4.17. The fourth-order valence-electron chi connectivity index (χ4n) is 3.64. The van der Waals surface area contributed by atoms with E-state index in [4.69, 9.17) is 0 Å². The van der Waals surface area contributed by atoms with Gasteiger partial charge in [0.1, 0.15) is 0 Å². The number of hydrogen-bond acceptors (Lipinski definition) is 3. The minimum Gasteiger partial charge on any atom is -0.340 e. The molecule has 0 spiro atoms. The predicted octanol–water partition coefficient (Wildman–Crippen LogP) is 2.35. The number of aromatic nitrogens is 1. The number of carbonyl (C=O) groups excluding carboxylic acids is 1. The molecule has 1 aromatic rings. The molecule has 4 nitrogen and oxygen atoms in total. The second-order valence-corrected chi connectivity index (χ2v) is 6.61. The van der Waals surface area contributed by atoms with Crippen molar-refractivity contribution in [3.63, 3.8) is 0 Å². The Balaban J connectivity index is 1.41. The topological polar surface area (TPSA) is 36.4 Å². The number of carbonyl (C=O) groups is 1. The third-order valence-electron chi connectivity index (χ3n) is 5.10. The maximum Gasteiger partial charge on any atom is 0.225 e. The van der Waals surface area contributed by atoms with Gasteiger partial charge in [-0.15, -0.1) is 0 Å². The van der Waals surface area contributed by atoms with Crippen LogP contribution in [0.3, 0.4) is 0 Å². The first-order valence-electron chi connectivity index (χ1n) is 8.73. The van der Waals surface area contributed by atoms with Crippen LogP contribution in [0, 0.1) is 5.92 Å². The summed E-state index contributed by atoms with van der Waals surface area (Å²) >= 11 is 0. The lowest BCUT2D eigenvalue weighted by atomic mass is 9.88. The van der Waals surface area contributed by atoms with Gasteiger partial charge >= 0.3 is 0 Å². The summed E-state index contributed by atoms with van der Waals surface area (Å²) in [6.07, 6.45) is 10.8. The zero-order chi connectivity index (χ0) is 15.2. The van der Waals surface area contributed by atoms with Crippen LogP contribution in [0.2, 0.25) is 0 Å². The normalized spacial score (nSPS) is 21.0. The van der Waals surface area contributed by atoms with Gasteiger partial charge < -0.3 is 4.90 Å². The van der Waals surface area contributed by atoms with E-state index >= 15 is 0 Å². The van der Waals surface area contributed by atoms with Gasteiger partial charge in [-0.2, -0.15) is 0 Å². The molecular formula is C18H27N3O. The molecule has 0 radical (unpaired) electrons. The van der Waals surface area contributed by atoms with Crippen LogP contribution in [0.5, 0.6) is 0 Å². The molecule has 2 aliphatic rings. The molecule has 1 saturated heterocycles. The molecule has 2 heterocycles. The van der Waals surface area contributed by atoms with Crippen molar-refractivity contribution in [2.45, 2.75) is 38.5 Å². The number of pyridine rings is 1. The fraction of sp³-hybridized carbons (Fsp3) is 0.667. The molecule has 2 fully saturated rings. The van der Waals surface area contributed by atoms with Gasteiger partial charge in [0.05, 0.1) is 0 Å². The second kappa shape index (κ2) is 7.73. The fourth-order valence-corrected chi connectivity index (χ4v) is 3.64. The largest absolute Gasteiger partial charge is 0.340 e. The summed E-state index contributed by atoms with van der Waals surface area (Å²) in [7, 11) is 0. The van der Waals surface area contributed by atoms with Gasteiger partial charge in [-0.1, -0.05) is 19.3 Å². The average molecular weight is 301 g/mol. The third kappa shape index (κ3) is 4.07. The van der Waals surface area contributed by atoms with Crippen molar-refractivity contribution in [1.82, 2.24) is 14.8 Å². The Morgan fingerprint density at radius 1 is 1.05 bits per heavy atom. The zero-order valence-electron chi connectivity index (χ0n) is 13.4. The molecule has 1 aromatic heterocycles. The number of piperazine rings is 1. The second-order valence-electron chi connectivity index (χ2n) is 6.61. The van der Waals surface area contributed by atoms with E-state index in [0.717, 1.165) is 52.0 Å². The van der Waals surface area contributed by atoms with E-state index in [1.54, 1.807) is 0 Å². The van der Waals surface area contributed by atoms with Crippen molar-refractivity contribution in [3.05, 3.63) is 30.1 Å². The molecule has 0 N–H and O–H groups in total. The molecule has 1 aliphatic carbocycles. The molecule has 1 aliphatic heterocycles. The van der Waals surface area contributed by atoms with Gasteiger partial charge in [0.15, 0.2) is 0 Å². The molecule has 0 unspecified atom stereocenters. The Kier molecular flexibility index (Phi) is 5.43. The van der Waals surface area contributed by atoms with Crippen LogP contribution in [0.15, 0.2) is 24.5 Å². The van der Waals surface area contributed by atoms with Crippen molar-refractivity contribution < 1.29 is 4.79 Å². The predicted molar refractivity (Wildman–Crippen MR) is 87.5 cm³/mol. The average Bonchev–Trinajstić information content (AvgIpc) is 2.61. The zero-order valence-corrected chi connectivity index (χ0v) is 13.4. The minimum atomic E-state index is 0.317. The molecule has 0 aromatic carbocycles. The Bertz CT molecular complexity index is 462. The lowest BCUT2D eigenvalue weighted by molar-refractivity contribution is -0.138. The molecular weight excluding hydrogens is 274 g/mol. The number of nitrogens with zero attached hydrogens (tertiary/aromatic N) is 3. The summed E-state index contributed by atoms with van der Waals surface area (Å²) in [4.78, 5) is 21.2. The standard InChI is InChI=1S/C18H27N3O/c22-18(17-4-2-1-3-5-17)21-14-12-20(13-15-21)11-8-16-6-9-19-10-7-16/h6-7,9-10,17H,1-5,8,11-15H2. The summed E-state index contributed by atoms with van der Waals surface area (Å²) < 4.78 is 0. The maximum absolute atomic E-state index is 12.5. The highest BCUT2D eigenvalue weighted by Crippen LogP contribution is 2.25. The van der Waals surface area contributed by atoms with Crippen LogP contribution in [-0.4, -0.2) is 53.4 Å². The highest BCUT2D eigenvalue weighted by molar-refractivity contribution is 5.79. The molecule has 120 valence electrons. The van der Waals surface area contributed by atoms with E-state index in [9.17, 15) is 4.79 Å². The Morgan fingerprint density at radius 3 is 2.41 bits per heavy atom. The van der Waals surface area contributed by atoms with Gasteiger partial charge in [0, 0.05) is 51.0 Å². The number of rotatable bonds is 4. The Hall–Kier alpha value is -1.42. The first-order chi connectivity index (χ1) is 10.8. The van der Waals surface area contributed by atoms with Crippen LogP contribution in [-0.2, 0) is 11.2 Å².